The Morgan fingerprint density at radius 1 is 0.905 bits per heavy atom. The minimum absolute atomic E-state index is 0.507. The van der Waals surface area contributed by atoms with E-state index < -0.39 is 0 Å². The minimum Gasteiger partial charge on any atom is -0.332 e. The van der Waals surface area contributed by atoms with Crippen molar-refractivity contribution in [3.63, 3.8) is 0 Å². The molecule has 104 valence electrons. The summed E-state index contributed by atoms with van der Waals surface area (Å²) < 4.78 is 0. The van der Waals surface area contributed by atoms with E-state index in [0.29, 0.717) is 10.9 Å². The molecule has 3 aromatic rings. The van der Waals surface area contributed by atoms with Crippen LogP contribution in [0.4, 0.5) is 11.5 Å². The van der Waals surface area contributed by atoms with Crippen LogP contribution in [0.2, 0.25) is 0 Å². The fourth-order valence-corrected chi connectivity index (χ4v) is 2.17. The van der Waals surface area contributed by atoms with Crippen molar-refractivity contribution in [3.8, 4) is 11.3 Å². The Balaban J connectivity index is 1.66. The second-order valence-electron chi connectivity index (χ2n) is 4.48. The lowest BCUT2D eigenvalue weighted by Crippen LogP contribution is -2.19. The molecule has 0 aliphatic heterocycles. The number of hydrogen-bond donors (Lipinski definition) is 3. The van der Waals surface area contributed by atoms with E-state index in [9.17, 15) is 0 Å². The Kier molecular flexibility index (Phi) is 3.93. The predicted octanol–water partition coefficient (Wildman–Crippen LogP) is 3.89. The highest BCUT2D eigenvalue weighted by Crippen LogP contribution is 2.19. The highest BCUT2D eigenvalue weighted by molar-refractivity contribution is 7.80. The third-order valence-electron chi connectivity index (χ3n) is 2.94. The molecule has 3 N–H and O–H groups in total. The molecule has 0 aliphatic carbocycles. The van der Waals surface area contributed by atoms with Crippen LogP contribution < -0.4 is 10.6 Å². The largest absolute Gasteiger partial charge is 0.332 e. The molecular weight excluding hydrogens is 280 g/mol. The maximum Gasteiger partial charge on any atom is 0.176 e. The zero-order valence-electron chi connectivity index (χ0n) is 11.2. The normalized spacial score (nSPS) is 10.1. The van der Waals surface area contributed by atoms with Crippen LogP contribution >= 0.6 is 12.2 Å². The average molecular weight is 294 g/mol. The van der Waals surface area contributed by atoms with Crippen LogP contribution in [-0.4, -0.2) is 15.3 Å². The summed E-state index contributed by atoms with van der Waals surface area (Å²) >= 11 is 5.27. The van der Waals surface area contributed by atoms with Gasteiger partial charge in [-0.1, -0.05) is 48.5 Å². The first-order valence-corrected chi connectivity index (χ1v) is 6.96. The van der Waals surface area contributed by atoms with E-state index in [0.717, 1.165) is 16.9 Å². The summed E-state index contributed by atoms with van der Waals surface area (Å²) in [7, 11) is 0. The standard InChI is InChI=1S/C16H14N4S/c21-16(17-13-9-5-2-6-10-13)18-15-11-14(19-20-15)12-7-3-1-4-8-12/h1-11H,(H3,17,18,19,20,21). The summed E-state index contributed by atoms with van der Waals surface area (Å²) in [6.07, 6.45) is 0. The topological polar surface area (TPSA) is 52.7 Å². The molecule has 1 heterocycles. The number of anilines is 2. The first-order valence-electron chi connectivity index (χ1n) is 6.55. The average Bonchev–Trinajstić information content (AvgIpc) is 2.97. The van der Waals surface area contributed by atoms with E-state index in [4.69, 9.17) is 12.2 Å². The molecule has 0 aliphatic rings. The fourth-order valence-electron chi connectivity index (χ4n) is 1.95. The number of rotatable bonds is 3. The molecule has 0 saturated heterocycles. The summed E-state index contributed by atoms with van der Waals surface area (Å²) in [4.78, 5) is 0. The number of para-hydroxylation sites is 1. The van der Waals surface area contributed by atoms with E-state index in [1.54, 1.807) is 0 Å². The molecule has 0 amide bonds. The number of hydrogen-bond acceptors (Lipinski definition) is 2. The molecule has 21 heavy (non-hydrogen) atoms. The Bertz CT molecular complexity index is 722. The smallest absolute Gasteiger partial charge is 0.176 e. The van der Waals surface area contributed by atoms with Gasteiger partial charge >= 0.3 is 0 Å². The van der Waals surface area contributed by atoms with Crippen molar-refractivity contribution >= 4 is 28.8 Å². The number of aromatic nitrogens is 2. The van der Waals surface area contributed by atoms with E-state index >= 15 is 0 Å². The van der Waals surface area contributed by atoms with Crippen molar-refractivity contribution in [1.29, 1.82) is 0 Å². The Morgan fingerprint density at radius 3 is 2.29 bits per heavy atom. The van der Waals surface area contributed by atoms with Crippen molar-refractivity contribution in [3.05, 3.63) is 66.7 Å². The van der Waals surface area contributed by atoms with E-state index in [1.165, 1.54) is 0 Å². The number of H-pyrrole nitrogens is 1. The van der Waals surface area contributed by atoms with Gasteiger partial charge in [-0.05, 0) is 29.9 Å². The second-order valence-corrected chi connectivity index (χ2v) is 4.89. The van der Waals surface area contributed by atoms with Crippen molar-refractivity contribution in [1.82, 2.24) is 10.2 Å². The summed E-state index contributed by atoms with van der Waals surface area (Å²) in [5.74, 6) is 0.683. The van der Waals surface area contributed by atoms with Crippen LogP contribution in [0.1, 0.15) is 0 Å². The number of nitrogens with one attached hydrogen (secondary N) is 3. The van der Waals surface area contributed by atoms with Crippen LogP contribution in [-0.2, 0) is 0 Å². The fraction of sp³-hybridized carbons (Fsp3) is 0. The Morgan fingerprint density at radius 2 is 1.57 bits per heavy atom. The van der Waals surface area contributed by atoms with Gasteiger partial charge in [-0.3, -0.25) is 5.10 Å². The first-order chi connectivity index (χ1) is 10.3. The van der Waals surface area contributed by atoms with Crippen LogP contribution in [0.15, 0.2) is 66.7 Å². The predicted molar refractivity (Wildman–Crippen MR) is 90.3 cm³/mol. The van der Waals surface area contributed by atoms with Crippen LogP contribution in [0.25, 0.3) is 11.3 Å². The summed E-state index contributed by atoms with van der Waals surface area (Å²) in [5.41, 5.74) is 2.97. The van der Waals surface area contributed by atoms with E-state index in [-0.39, 0.29) is 0 Å². The van der Waals surface area contributed by atoms with E-state index in [2.05, 4.69) is 20.8 Å². The molecule has 0 bridgehead atoms. The second kappa shape index (κ2) is 6.19. The molecule has 0 radical (unpaired) electrons. The Hall–Kier alpha value is -2.66. The molecule has 2 aromatic carbocycles. The van der Waals surface area contributed by atoms with Crippen molar-refractivity contribution < 1.29 is 0 Å². The van der Waals surface area contributed by atoms with Crippen LogP contribution in [0.5, 0.6) is 0 Å². The molecule has 4 nitrogen and oxygen atoms in total. The molecule has 0 saturated carbocycles. The third-order valence-corrected chi connectivity index (χ3v) is 3.14. The number of aromatic amines is 1. The van der Waals surface area contributed by atoms with Gasteiger partial charge in [-0.15, -0.1) is 0 Å². The zero-order valence-corrected chi connectivity index (χ0v) is 12.0. The minimum atomic E-state index is 0.507. The lowest BCUT2D eigenvalue weighted by molar-refractivity contribution is 1.10. The Labute approximate surface area is 128 Å². The highest BCUT2D eigenvalue weighted by Gasteiger charge is 2.04. The molecule has 0 atom stereocenters. The van der Waals surface area contributed by atoms with Gasteiger partial charge in [-0.2, -0.15) is 5.10 Å². The maximum atomic E-state index is 5.27. The highest BCUT2D eigenvalue weighted by atomic mass is 32.1. The zero-order chi connectivity index (χ0) is 14.5. The van der Waals surface area contributed by atoms with Crippen molar-refractivity contribution in [2.45, 2.75) is 0 Å². The first kappa shape index (κ1) is 13.3. The summed E-state index contributed by atoms with van der Waals surface area (Å²) in [6.45, 7) is 0. The number of thiocarbonyl (C=S) groups is 1. The van der Waals surface area contributed by atoms with Gasteiger partial charge in [0, 0.05) is 11.8 Å². The monoisotopic (exact) mass is 294 g/mol. The lowest BCUT2D eigenvalue weighted by atomic mass is 10.2. The molecule has 0 fully saturated rings. The van der Waals surface area contributed by atoms with E-state index in [1.807, 2.05) is 66.7 Å². The van der Waals surface area contributed by atoms with Gasteiger partial charge in [0.15, 0.2) is 10.9 Å². The molecule has 3 rings (SSSR count). The molecule has 0 unspecified atom stereocenters. The maximum absolute atomic E-state index is 5.27. The molecular formula is C16H14N4S. The lowest BCUT2D eigenvalue weighted by Gasteiger charge is -2.07. The summed E-state index contributed by atoms with van der Waals surface area (Å²) in [5, 5.41) is 13.9. The number of benzene rings is 2. The molecule has 0 spiro atoms. The third kappa shape index (κ3) is 3.46. The van der Waals surface area contributed by atoms with Crippen molar-refractivity contribution in [2.75, 3.05) is 10.6 Å². The van der Waals surface area contributed by atoms with Gasteiger partial charge in [0.2, 0.25) is 0 Å². The summed E-state index contributed by atoms with van der Waals surface area (Å²) in [6, 6.07) is 21.7. The van der Waals surface area contributed by atoms with Gasteiger partial charge in [0.25, 0.3) is 0 Å². The van der Waals surface area contributed by atoms with Gasteiger partial charge in [0.1, 0.15) is 0 Å². The number of nitrogens with zero attached hydrogens (tertiary/aromatic N) is 1. The molecule has 1 aromatic heterocycles. The SMILES string of the molecule is S=C(Nc1ccccc1)Nc1cc(-c2ccccc2)[nH]n1. The van der Waals surface area contributed by atoms with Gasteiger partial charge in [0.05, 0.1) is 5.69 Å². The van der Waals surface area contributed by atoms with Gasteiger partial charge in [-0.25, -0.2) is 0 Å². The quantitative estimate of drug-likeness (QED) is 0.642. The van der Waals surface area contributed by atoms with Crippen molar-refractivity contribution in [2.24, 2.45) is 0 Å². The van der Waals surface area contributed by atoms with Crippen LogP contribution in [0.3, 0.4) is 0 Å². The molecule has 5 heteroatoms. The van der Waals surface area contributed by atoms with Crippen LogP contribution in [0, 0.1) is 0 Å². The van der Waals surface area contributed by atoms with Gasteiger partial charge < -0.3 is 10.6 Å².